The van der Waals surface area contributed by atoms with E-state index >= 15 is 0 Å². The number of rotatable bonds is 4. The predicted molar refractivity (Wildman–Crippen MR) is 62.0 cm³/mol. The fourth-order valence-corrected chi connectivity index (χ4v) is 1.78. The van der Waals surface area contributed by atoms with E-state index in [1.807, 2.05) is 26.2 Å². The summed E-state index contributed by atoms with van der Waals surface area (Å²) in [7, 11) is 1.40. The summed E-state index contributed by atoms with van der Waals surface area (Å²) in [6.07, 6.45) is 0. The molecular weight excluding hydrogens is 226 g/mol. The van der Waals surface area contributed by atoms with Crippen LogP contribution in [0.1, 0.15) is 26.5 Å². The van der Waals surface area contributed by atoms with Gasteiger partial charge in [0.2, 0.25) is 0 Å². The molecule has 0 aliphatic rings. The van der Waals surface area contributed by atoms with Crippen LogP contribution in [0, 0.1) is 5.41 Å². The van der Waals surface area contributed by atoms with Gasteiger partial charge in [-0.3, -0.25) is 10.1 Å². The lowest BCUT2D eigenvalue weighted by atomic mass is 9.86. The van der Waals surface area contributed by atoms with Gasteiger partial charge >= 0.3 is 5.97 Å². The van der Waals surface area contributed by atoms with Crippen molar-refractivity contribution in [1.82, 2.24) is 14.9 Å². The molecule has 1 atom stereocenters. The number of nitrogens with zero attached hydrogens (tertiary/aromatic N) is 2. The van der Waals surface area contributed by atoms with Gasteiger partial charge in [-0.2, -0.15) is 0 Å². The summed E-state index contributed by atoms with van der Waals surface area (Å²) >= 11 is 1.30. The van der Waals surface area contributed by atoms with Crippen LogP contribution in [0.3, 0.4) is 0 Å². The Morgan fingerprint density at radius 1 is 1.62 bits per heavy atom. The highest BCUT2D eigenvalue weighted by molar-refractivity contribution is 7.03. The van der Waals surface area contributed by atoms with E-state index in [-0.39, 0.29) is 17.4 Å². The van der Waals surface area contributed by atoms with E-state index in [9.17, 15) is 4.79 Å². The van der Waals surface area contributed by atoms with Crippen molar-refractivity contribution in [2.24, 2.45) is 5.41 Å². The zero-order valence-electron chi connectivity index (χ0n) is 9.98. The van der Waals surface area contributed by atoms with Gasteiger partial charge in [0.1, 0.15) is 6.04 Å². The van der Waals surface area contributed by atoms with Crippen LogP contribution in [0.4, 0.5) is 0 Å². The minimum absolute atomic E-state index is 0.198. The molecule has 1 aromatic rings. The minimum Gasteiger partial charge on any atom is -0.468 e. The van der Waals surface area contributed by atoms with Gasteiger partial charge in [0.05, 0.1) is 12.8 Å². The molecule has 0 fully saturated rings. The van der Waals surface area contributed by atoms with Crippen LogP contribution >= 0.6 is 11.5 Å². The molecular formula is C10H17N3O2S. The zero-order valence-corrected chi connectivity index (χ0v) is 10.8. The van der Waals surface area contributed by atoms with Crippen molar-refractivity contribution >= 4 is 17.5 Å². The molecule has 0 unspecified atom stereocenters. The van der Waals surface area contributed by atoms with Crippen LogP contribution < -0.4 is 5.32 Å². The van der Waals surface area contributed by atoms with Gasteiger partial charge < -0.3 is 4.74 Å². The lowest BCUT2D eigenvalue weighted by molar-refractivity contribution is -0.146. The zero-order chi connectivity index (χ0) is 12.2. The fraction of sp³-hybridized carbons (Fsp3) is 0.700. The van der Waals surface area contributed by atoms with Gasteiger partial charge in [-0.05, 0) is 16.9 Å². The highest BCUT2D eigenvalue weighted by Gasteiger charge is 2.31. The molecule has 90 valence electrons. The van der Waals surface area contributed by atoms with E-state index in [1.165, 1.54) is 18.6 Å². The molecule has 0 radical (unpaired) electrons. The van der Waals surface area contributed by atoms with E-state index < -0.39 is 0 Å². The minimum atomic E-state index is -0.348. The highest BCUT2D eigenvalue weighted by atomic mass is 32.1. The first-order chi connectivity index (χ1) is 7.45. The van der Waals surface area contributed by atoms with Gasteiger partial charge in [-0.25, -0.2) is 0 Å². The van der Waals surface area contributed by atoms with Gasteiger partial charge in [-0.15, -0.1) is 5.10 Å². The largest absolute Gasteiger partial charge is 0.468 e. The summed E-state index contributed by atoms with van der Waals surface area (Å²) in [6.45, 7) is 6.48. The molecule has 0 bridgehead atoms. The molecule has 1 heterocycles. The Labute approximate surface area is 99.4 Å². The second-order valence-corrected chi connectivity index (χ2v) is 5.21. The Hall–Kier alpha value is -1.01. The van der Waals surface area contributed by atoms with E-state index in [0.29, 0.717) is 6.54 Å². The molecule has 1 aromatic heterocycles. The van der Waals surface area contributed by atoms with Crippen LogP contribution in [0.25, 0.3) is 0 Å². The third kappa shape index (κ3) is 3.53. The van der Waals surface area contributed by atoms with E-state index in [4.69, 9.17) is 4.74 Å². The van der Waals surface area contributed by atoms with Gasteiger partial charge in [0, 0.05) is 11.9 Å². The number of carbonyl (C=O) groups excluding carboxylic acids is 1. The maximum atomic E-state index is 11.6. The second kappa shape index (κ2) is 5.36. The molecule has 0 aromatic carbocycles. The molecule has 16 heavy (non-hydrogen) atoms. The summed E-state index contributed by atoms with van der Waals surface area (Å²) < 4.78 is 8.54. The Kier molecular flexibility index (Phi) is 4.37. The van der Waals surface area contributed by atoms with Crippen molar-refractivity contribution in [1.29, 1.82) is 0 Å². The Bertz CT molecular complexity index is 332. The molecule has 1 N–H and O–H groups in total. The van der Waals surface area contributed by atoms with Crippen molar-refractivity contribution in [3.05, 3.63) is 11.1 Å². The number of esters is 1. The molecule has 1 rings (SSSR count). The number of methoxy groups -OCH3 is 1. The van der Waals surface area contributed by atoms with Crippen LogP contribution in [-0.2, 0) is 16.1 Å². The first kappa shape index (κ1) is 13.1. The van der Waals surface area contributed by atoms with Gasteiger partial charge in [0.25, 0.3) is 0 Å². The van der Waals surface area contributed by atoms with Crippen molar-refractivity contribution in [3.8, 4) is 0 Å². The first-order valence-corrected chi connectivity index (χ1v) is 5.86. The fourth-order valence-electron chi connectivity index (χ4n) is 1.33. The van der Waals surface area contributed by atoms with Crippen molar-refractivity contribution < 1.29 is 9.53 Å². The third-order valence-corrected chi connectivity index (χ3v) is 2.75. The molecule has 6 heteroatoms. The summed E-state index contributed by atoms with van der Waals surface area (Å²) in [6, 6.07) is -0.348. The first-order valence-electron chi connectivity index (χ1n) is 5.02. The van der Waals surface area contributed by atoms with Gasteiger partial charge in [-0.1, -0.05) is 25.3 Å². The highest BCUT2D eigenvalue weighted by Crippen LogP contribution is 2.20. The number of ether oxygens (including phenoxy) is 1. The summed E-state index contributed by atoms with van der Waals surface area (Å²) in [5.41, 5.74) is 0.638. The lowest BCUT2D eigenvalue weighted by Crippen LogP contribution is -2.46. The average Bonchev–Trinajstić information content (AvgIpc) is 2.68. The summed E-state index contributed by atoms with van der Waals surface area (Å²) in [5.74, 6) is -0.254. The standard InChI is InChI=1S/C10H17N3O2S/c1-10(2,3)8(9(14)15-4)11-5-7-6-16-13-12-7/h6,8,11H,5H2,1-4H3/t8-/m1/s1. The van der Waals surface area contributed by atoms with E-state index in [1.54, 1.807) is 0 Å². The summed E-state index contributed by atoms with van der Waals surface area (Å²) in [4.78, 5) is 11.6. The summed E-state index contributed by atoms with van der Waals surface area (Å²) in [5, 5.41) is 8.90. The van der Waals surface area contributed by atoms with Crippen LogP contribution in [0.5, 0.6) is 0 Å². The molecule has 0 aliphatic carbocycles. The van der Waals surface area contributed by atoms with E-state index in [0.717, 1.165) is 5.69 Å². The van der Waals surface area contributed by atoms with Gasteiger partial charge in [0.15, 0.2) is 0 Å². The molecule has 0 amide bonds. The SMILES string of the molecule is COC(=O)[C@@H](NCc1csnn1)C(C)(C)C. The van der Waals surface area contributed by atoms with E-state index in [2.05, 4.69) is 14.9 Å². The topological polar surface area (TPSA) is 64.1 Å². The Morgan fingerprint density at radius 3 is 2.75 bits per heavy atom. The maximum absolute atomic E-state index is 11.6. The van der Waals surface area contributed by atoms with Crippen molar-refractivity contribution in [3.63, 3.8) is 0 Å². The number of nitrogens with one attached hydrogen (secondary N) is 1. The van der Waals surface area contributed by atoms with Crippen LogP contribution in [-0.4, -0.2) is 28.7 Å². The molecule has 0 spiro atoms. The normalized spacial score (nSPS) is 13.5. The number of hydrogen-bond acceptors (Lipinski definition) is 6. The third-order valence-electron chi connectivity index (χ3n) is 2.20. The molecule has 0 saturated heterocycles. The van der Waals surface area contributed by atoms with Crippen LogP contribution in [0.15, 0.2) is 5.38 Å². The number of aromatic nitrogens is 2. The predicted octanol–water partition coefficient (Wildman–Crippen LogP) is 1.22. The molecule has 0 aliphatic heterocycles. The Morgan fingerprint density at radius 2 is 2.31 bits per heavy atom. The number of hydrogen-bond donors (Lipinski definition) is 1. The monoisotopic (exact) mass is 243 g/mol. The second-order valence-electron chi connectivity index (χ2n) is 4.60. The molecule has 0 saturated carbocycles. The lowest BCUT2D eigenvalue weighted by Gasteiger charge is -2.28. The molecule has 5 nitrogen and oxygen atoms in total. The average molecular weight is 243 g/mol. The maximum Gasteiger partial charge on any atom is 0.323 e. The quantitative estimate of drug-likeness (QED) is 0.805. The Balaban J connectivity index is 2.61. The van der Waals surface area contributed by atoms with Crippen LogP contribution in [0.2, 0.25) is 0 Å². The smallest absolute Gasteiger partial charge is 0.323 e. The van der Waals surface area contributed by atoms with Crippen molar-refractivity contribution in [2.75, 3.05) is 7.11 Å². The van der Waals surface area contributed by atoms with Crippen molar-refractivity contribution in [2.45, 2.75) is 33.4 Å². The number of carbonyl (C=O) groups is 1.